The van der Waals surface area contributed by atoms with Crippen molar-refractivity contribution >= 4 is 11.8 Å². The van der Waals surface area contributed by atoms with Crippen LogP contribution >= 0.6 is 11.8 Å². The predicted octanol–water partition coefficient (Wildman–Crippen LogP) is 4.26. The summed E-state index contributed by atoms with van der Waals surface area (Å²) in [6.45, 7) is 10.0. The number of hydrogen-bond acceptors (Lipinski definition) is 1. The second-order valence-electron chi connectivity index (χ2n) is 2.80. The Morgan fingerprint density at radius 3 is 2.38 bits per heavy atom. The minimum absolute atomic E-state index is 0.971. The van der Waals surface area contributed by atoms with Gasteiger partial charge in [0.2, 0.25) is 0 Å². The van der Waals surface area contributed by atoms with Gasteiger partial charge < -0.3 is 0 Å². The van der Waals surface area contributed by atoms with Crippen LogP contribution in [0.2, 0.25) is 0 Å². The van der Waals surface area contributed by atoms with Crippen LogP contribution in [0.3, 0.4) is 0 Å². The van der Waals surface area contributed by atoms with Crippen LogP contribution in [0.1, 0.15) is 13.3 Å². The van der Waals surface area contributed by atoms with E-state index in [1.165, 1.54) is 4.90 Å². The second-order valence-corrected chi connectivity index (χ2v) is 3.96. The average molecular weight is 190 g/mol. The van der Waals surface area contributed by atoms with Gasteiger partial charge in [-0.1, -0.05) is 50.0 Å². The Bertz CT molecular complexity index is 298. The first kappa shape index (κ1) is 10.1. The van der Waals surface area contributed by atoms with Crippen molar-refractivity contribution < 1.29 is 0 Å². The van der Waals surface area contributed by atoms with E-state index in [4.69, 9.17) is 0 Å². The Kier molecular flexibility index (Phi) is 3.84. The molecule has 0 nitrogen and oxygen atoms in total. The molecule has 0 fully saturated rings. The van der Waals surface area contributed by atoms with Crippen LogP contribution in [-0.2, 0) is 0 Å². The highest BCUT2D eigenvalue weighted by atomic mass is 32.2. The van der Waals surface area contributed by atoms with Gasteiger partial charge in [-0.05, 0) is 24.1 Å². The fraction of sp³-hybridized carbons (Fsp3) is 0.167. The molecule has 1 rings (SSSR count). The summed E-state index contributed by atoms with van der Waals surface area (Å²) >= 11 is 1.68. The summed E-state index contributed by atoms with van der Waals surface area (Å²) in [6.07, 6.45) is 0.971. The molecule has 1 heteroatoms. The van der Waals surface area contributed by atoms with Crippen LogP contribution in [0, 0.1) is 0 Å². The zero-order valence-corrected chi connectivity index (χ0v) is 8.73. The monoisotopic (exact) mass is 190 g/mol. The summed E-state index contributed by atoms with van der Waals surface area (Å²) in [7, 11) is 0. The fourth-order valence-corrected chi connectivity index (χ4v) is 1.77. The number of allylic oxidation sites excluding steroid dienone is 1. The maximum Gasteiger partial charge on any atom is 0.0122 e. The summed E-state index contributed by atoms with van der Waals surface area (Å²) in [6, 6.07) is 10.2. The normalized spacial score (nSPS) is 9.62. The molecular formula is C12H14S. The lowest BCUT2D eigenvalue weighted by Crippen LogP contribution is -1.79. The molecule has 0 aliphatic heterocycles. The maximum absolute atomic E-state index is 3.98. The van der Waals surface area contributed by atoms with E-state index < -0.39 is 0 Å². The number of rotatable bonds is 4. The van der Waals surface area contributed by atoms with E-state index in [0.717, 1.165) is 16.9 Å². The molecule has 0 radical (unpaired) electrons. The van der Waals surface area contributed by atoms with E-state index in [-0.39, 0.29) is 0 Å². The molecule has 0 aliphatic rings. The van der Waals surface area contributed by atoms with Crippen LogP contribution in [0.15, 0.2) is 58.9 Å². The van der Waals surface area contributed by atoms with E-state index in [0.29, 0.717) is 0 Å². The van der Waals surface area contributed by atoms with Crippen LogP contribution in [-0.4, -0.2) is 0 Å². The Morgan fingerprint density at radius 2 is 1.85 bits per heavy atom. The van der Waals surface area contributed by atoms with Gasteiger partial charge in [-0.25, -0.2) is 0 Å². The molecule has 0 heterocycles. The topological polar surface area (TPSA) is 0 Å². The van der Waals surface area contributed by atoms with Gasteiger partial charge in [-0.2, -0.15) is 0 Å². The third-order valence-corrected chi connectivity index (χ3v) is 2.85. The molecule has 0 spiro atoms. The molecule has 13 heavy (non-hydrogen) atoms. The molecule has 0 aliphatic carbocycles. The quantitative estimate of drug-likeness (QED) is 0.505. The van der Waals surface area contributed by atoms with E-state index in [1.807, 2.05) is 18.2 Å². The summed E-state index contributed by atoms with van der Waals surface area (Å²) in [5, 5.41) is 0. The van der Waals surface area contributed by atoms with Crippen molar-refractivity contribution in [3.8, 4) is 0 Å². The Hall–Kier alpha value is -0.950. The SMILES string of the molecule is C=C(CC)C(=C)Sc1ccccc1. The van der Waals surface area contributed by atoms with E-state index in [1.54, 1.807) is 11.8 Å². The molecule has 1 aromatic rings. The fourth-order valence-electron chi connectivity index (χ4n) is 0.900. The number of hydrogen-bond donors (Lipinski definition) is 0. The maximum atomic E-state index is 3.98. The van der Waals surface area contributed by atoms with E-state index in [2.05, 4.69) is 32.2 Å². The molecule has 0 amide bonds. The average Bonchev–Trinajstić information content (AvgIpc) is 2.18. The third kappa shape index (κ3) is 3.11. The van der Waals surface area contributed by atoms with Crippen LogP contribution < -0.4 is 0 Å². The summed E-state index contributed by atoms with van der Waals surface area (Å²) in [5.41, 5.74) is 1.12. The van der Waals surface area contributed by atoms with Crippen LogP contribution in [0.4, 0.5) is 0 Å². The summed E-state index contributed by atoms with van der Waals surface area (Å²) in [4.78, 5) is 2.29. The van der Waals surface area contributed by atoms with Crippen molar-refractivity contribution in [2.75, 3.05) is 0 Å². The van der Waals surface area contributed by atoms with E-state index in [9.17, 15) is 0 Å². The Morgan fingerprint density at radius 1 is 1.23 bits per heavy atom. The highest BCUT2D eigenvalue weighted by molar-refractivity contribution is 8.03. The van der Waals surface area contributed by atoms with Gasteiger partial charge in [0.25, 0.3) is 0 Å². The highest BCUT2D eigenvalue weighted by Crippen LogP contribution is 2.30. The summed E-state index contributed by atoms with van der Waals surface area (Å²) < 4.78 is 0. The van der Waals surface area contributed by atoms with Gasteiger partial charge in [0.15, 0.2) is 0 Å². The predicted molar refractivity (Wildman–Crippen MR) is 60.9 cm³/mol. The standard InChI is InChI=1S/C12H14S/c1-4-10(2)11(3)13-12-8-6-5-7-9-12/h5-9H,2-4H2,1H3. The number of thioether (sulfide) groups is 1. The zero-order valence-electron chi connectivity index (χ0n) is 7.92. The molecule has 0 unspecified atom stereocenters. The van der Waals surface area contributed by atoms with Crippen LogP contribution in [0.25, 0.3) is 0 Å². The highest BCUT2D eigenvalue weighted by Gasteiger charge is 1.99. The smallest absolute Gasteiger partial charge is 0.0122 e. The lowest BCUT2D eigenvalue weighted by Gasteiger charge is -2.05. The van der Waals surface area contributed by atoms with Gasteiger partial charge in [-0.3, -0.25) is 0 Å². The lowest BCUT2D eigenvalue weighted by molar-refractivity contribution is 1.15. The van der Waals surface area contributed by atoms with Crippen molar-refractivity contribution in [1.82, 2.24) is 0 Å². The minimum Gasteiger partial charge on any atom is -0.0947 e. The third-order valence-electron chi connectivity index (χ3n) is 1.81. The lowest BCUT2D eigenvalue weighted by atomic mass is 10.2. The Balaban J connectivity index is 2.60. The molecule has 0 N–H and O–H groups in total. The Labute approximate surface area is 84.4 Å². The second kappa shape index (κ2) is 4.93. The van der Waals surface area contributed by atoms with Crippen molar-refractivity contribution in [2.24, 2.45) is 0 Å². The minimum atomic E-state index is 0.971. The molecule has 0 atom stereocenters. The largest absolute Gasteiger partial charge is 0.0947 e. The van der Waals surface area contributed by atoms with Crippen molar-refractivity contribution in [1.29, 1.82) is 0 Å². The van der Waals surface area contributed by atoms with Gasteiger partial charge in [0.05, 0.1) is 0 Å². The summed E-state index contributed by atoms with van der Waals surface area (Å²) in [5.74, 6) is 0. The van der Waals surface area contributed by atoms with Crippen LogP contribution in [0.5, 0.6) is 0 Å². The van der Waals surface area contributed by atoms with Gasteiger partial charge in [-0.15, -0.1) is 0 Å². The van der Waals surface area contributed by atoms with Gasteiger partial charge in [0.1, 0.15) is 0 Å². The molecule has 0 aromatic heterocycles. The molecule has 1 aromatic carbocycles. The van der Waals surface area contributed by atoms with E-state index >= 15 is 0 Å². The molecular weight excluding hydrogens is 176 g/mol. The molecule has 0 saturated heterocycles. The first-order valence-electron chi connectivity index (χ1n) is 4.34. The van der Waals surface area contributed by atoms with Crippen molar-refractivity contribution in [3.05, 3.63) is 54.0 Å². The molecule has 68 valence electrons. The van der Waals surface area contributed by atoms with Gasteiger partial charge in [0, 0.05) is 9.80 Å². The first-order valence-corrected chi connectivity index (χ1v) is 5.15. The first-order chi connectivity index (χ1) is 6.24. The van der Waals surface area contributed by atoms with Crippen molar-refractivity contribution in [3.63, 3.8) is 0 Å². The van der Waals surface area contributed by atoms with Gasteiger partial charge >= 0.3 is 0 Å². The number of benzene rings is 1. The molecule has 0 saturated carbocycles. The molecule has 0 bridgehead atoms. The zero-order chi connectivity index (χ0) is 9.68. The van der Waals surface area contributed by atoms with Crippen molar-refractivity contribution in [2.45, 2.75) is 18.2 Å².